The first-order valence-electron chi connectivity index (χ1n) is 47.0. The van der Waals surface area contributed by atoms with Crippen molar-refractivity contribution in [3.8, 4) is 23.7 Å². The van der Waals surface area contributed by atoms with Crippen molar-refractivity contribution in [2.45, 2.75) is 271 Å². The molecule has 1 aromatic carbocycles. The maximum absolute atomic E-state index is 15.9. The summed E-state index contributed by atoms with van der Waals surface area (Å²) in [6.45, 7) is 6.13. The summed E-state index contributed by atoms with van der Waals surface area (Å²) in [7, 11) is 0. The summed E-state index contributed by atoms with van der Waals surface area (Å²) in [5, 5.41) is 67.2. The number of rotatable bonds is 37. The van der Waals surface area contributed by atoms with Gasteiger partial charge in [-0.15, -0.1) is 23.7 Å². The van der Waals surface area contributed by atoms with Gasteiger partial charge in [-0.05, 0) is 157 Å². The molecule has 730 valence electrons. The second kappa shape index (κ2) is 49.9. The summed E-state index contributed by atoms with van der Waals surface area (Å²) in [5.41, 5.74) is 6.50. The minimum absolute atomic E-state index is 0.0167. The molecule has 4 bridgehead atoms. The zero-order valence-electron chi connectivity index (χ0n) is 76.4. The molecule has 0 radical (unpaired) electrons. The molecule has 0 spiro atoms. The van der Waals surface area contributed by atoms with Crippen molar-refractivity contribution in [1.29, 1.82) is 10.8 Å². The van der Waals surface area contributed by atoms with Crippen LogP contribution in [0.4, 0.5) is 9.59 Å². The number of carbonyl (C=O) groups is 16. The zero-order chi connectivity index (χ0) is 96.1. The average molecular weight is 1900 g/mol. The highest BCUT2D eigenvalue weighted by atomic mass is 32.2. The lowest BCUT2D eigenvalue weighted by molar-refractivity contribution is -0.142. The molecule has 41 nitrogen and oxygen atoms in total. The predicted octanol–water partition coefficient (Wildman–Crippen LogP) is 0.166. The van der Waals surface area contributed by atoms with Gasteiger partial charge in [-0.25, -0.2) is 19.4 Å². The van der Waals surface area contributed by atoms with Gasteiger partial charge < -0.3 is 110 Å². The van der Waals surface area contributed by atoms with Crippen LogP contribution in [0.15, 0.2) is 42.9 Å². The fourth-order valence-electron chi connectivity index (χ4n) is 19.1. The van der Waals surface area contributed by atoms with E-state index in [2.05, 4.69) is 113 Å². The fourth-order valence-corrected chi connectivity index (χ4v) is 22.5. The Morgan fingerprint density at radius 2 is 1.30 bits per heavy atom. The van der Waals surface area contributed by atoms with E-state index < -0.39 is 208 Å². The monoisotopic (exact) mass is 1900 g/mol. The topological polar surface area (TPSA) is 601 Å². The van der Waals surface area contributed by atoms with Gasteiger partial charge in [0.25, 0.3) is 0 Å². The van der Waals surface area contributed by atoms with Crippen LogP contribution in [0, 0.1) is 75.9 Å². The van der Waals surface area contributed by atoms with Crippen LogP contribution in [0.1, 0.15) is 187 Å². The van der Waals surface area contributed by atoms with E-state index in [1.54, 1.807) is 51.1 Å². The fraction of sp³-hybridized carbons (Fsp3) is 0.659. The molecule has 1 aromatic heterocycles. The molecule has 21 N–H and O–H groups in total. The second-order valence-corrected chi connectivity index (χ2v) is 39.0. The Balaban J connectivity index is 0.898. The molecule has 5 aliphatic heterocycles. The summed E-state index contributed by atoms with van der Waals surface area (Å²) in [6, 6.07) is -9.08. The first-order chi connectivity index (χ1) is 64.4. The number of guanidine groups is 2. The Bertz CT molecular complexity index is 4670. The van der Waals surface area contributed by atoms with Crippen molar-refractivity contribution in [3.63, 3.8) is 0 Å². The van der Waals surface area contributed by atoms with Crippen molar-refractivity contribution in [2.75, 3.05) is 64.0 Å². The number of H-pyrrole nitrogens is 1. The van der Waals surface area contributed by atoms with Crippen LogP contribution >= 0.6 is 23.5 Å². The highest BCUT2D eigenvalue weighted by Gasteiger charge is 2.53. The van der Waals surface area contributed by atoms with Gasteiger partial charge in [-0.1, -0.05) is 63.9 Å². The zero-order valence-corrected chi connectivity index (χ0v) is 78.0. The Morgan fingerprint density at radius 1 is 0.664 bits per heavy atom. The van der Waals surface area contributed by atoms with Crippen molar-refractivity contribution in [2.24, 2.45) is 47.2 Å². The van der Waals surface area contributed by atoms with Crippen LogP contribution in [-0.2, 0) is 89.4 Å². The van der Waals surface area contributed by atoms with Gasteiger partial charge >= 0.3 is 18.2 Å². The van der Waals surface area contributed by atoms with E-state index in [4.69, 9.17) is 26.0 Å². The van der Waals surface area contributed by atoms with Gasteiger partial charge in [0.05, 0.1) is 31.8 Å². The highest BCUT2D eigenvalue weighted by Crippen LogP contribution is 2.54. The minimum atomic E-state index is -1.75. The number of amides is 15. The van der Waals surface area contributed by atoms with Crippen LogP contribution in [0.3, 0.4) is 0 Å². The first-order valence-corrected chi connectivity index (χ1v) is 49.0. The van der Waals surface area contributed by atoms with Gasteiger partial charge in [-0.2, -0.15) is 23.5 Å². The van der Waals surface area contributed by atoms with E-state index in [-0.39, 0.29) is 171 Å². The molecule has 5 saturated heterocycles. The molecular weight excluding hydrogens is 1770 g/mol. The number of fused-ring (bicyclic) bond motifs is 7. The number of hydrogen-bond donors (Lipinski definition) is 20. The third kappa shape index (κ3) is 29.6. The number of benzene rings is 1. The highest BCUT2D eigenvalue weighted by molar-refractivity contribution is 8.04. The molecular formula is C91H130N22O19S2. The summed E-state index contributed by atoms with van der Waals surface area (Å²) in [5.74, 6) is 0.328. The number of likely N-dealkylation sites (tertiary alicyclic amines) is 1. The molecule has 7 fully saturated rings. The predicted molar refractivity (Wildman–Crippen MR) is 493 cm³/mol. The number of nitrogens with zero attached hydrogens (tertiary/aromatic N) is 3. The number of carbonyl (C=O) groups excluding carboxylic acids is 15. The number of imidazole rings is 1. The van der Waals surface area contributed by atoms with E-state index in [0.29, 0.717) is 49.5 Å². The van der Waals surface area contributed by atoms with Crippen molar-refractivity contribution >= 4 is 130 Å². The van der Waals surface area contributed by atoms with Crippen LogP contribution in [0.2, 0.25) is 0 Å². The number of aromatic nitrogens is 2. The van der Waals surface area contributed by atoms with Gasteiger partial charge in [0, 0.05) is 105 Å². The minimum Gasteiger partial charge on any atom is -0.480 e. The maximum atomic E-state index is 15.9. The number of nitrogens with two attached hydrogens (primary N) is 1. The normalized spacial score (nSPS) is 27.1. The maximum Gasteiger partial charge on any atom is 0.413 e. The number of thioether (sulfide) groups is 2. The van der Waals surface area contributed by atoms with Gasteiger partial charge in [-0.3, -0.25) is 78.5 Å². The van der Waals surface area contributed by atoms with E-state index in [1.165, 1.54) is 22.3 Å². The number of carboxylic acid groups (broad SMARTS) is 1. The molecule has 6 heterocycles. The number of nitrogens with one attached hydrogen (secondary N) is 18. The number of alkyl carbamates (subject to hydrolysis) is 2. The molecule has 134 heavy (non-hydrogen) atoms. The average Bonchev–Trinajstić information content (AvgIpc) is 1.59. The second-order valence-electron chi connectivity index (χ2n) is 36.3. The number of carboxylic acids is 1. The molecule has 11 rings (SSSR count). The van der Waals surface area contributed by atoms with Crippen LogP contribution in [0.25, 0.3) is 0 Å². The molecule has 2 aromatic rings. The number of unbranched alkanes of at least 4 members (excludes halogenated alkanes) is 1. The molecule has 4 aliphatic carbocycles. The Labute approximate surface area is 787 Å². The number of hydrogen-bond acceptors (Lipinski definition) is 23. The van der Waals surface area contributed by atoms with E-state index in [0.717, 1.165) is 62.0 Å². The lowest BCUT2D eigenvalue weighted by Gasteiger charge is -2.44. The van der Waals surface area contributed by atoms with E-state index in [9.17, 15) is 38.7 Å². The third-order valence-electron chi connectivity index (χ3n) is 26.4. The molecule has 43 heteroatoms. The van der Waals surface area contributed by atoms with Crippen molar-refractivity contribution < 1.29 is 91.3 Å². The van der Waals surface area contributed by atoms with Crippen molar-refractivity contribution in [1.82, 2.24) is 99.5 Å². The lowest BCUT2D eigenvalue weighted by Crippen LogP contribution is -2.60. The summed E-state index contributed by atoms with van der Waals surface area (Å²) in [4.78, 5) is 245. The van der Waals surface area contributed by atoms with E-state index in [1.807, 2.05) is 6.92 Å². The summed E-state index contributed by atoms with van der Waals surface area (Å²) in [6.07, 6.45) is 7.44. The number of aromatic amines is 1. The Kier molecular flexibility index (Phi) is 38.2. The summed E-state index contributed by atoms with van der Waals surface area (Å²) >= 11 is 1.98. The Hall–Kier alpha value is -11.9. The smallest absolute Gasteiger partial charge is 0.413 e. The number of ether oxygens (including phenoxy) is 2. The molecule has 18 atom stereocenters. The summed E-state index contributed by atoms with van der Waals surface area (Å²) < 4.78 is 9.72. The lowest BCUT2D eigenvalue weighted by atomic mass is 9.87. The van der Waals surface area contributed by atoms with Crippen LogP contribution < -0.4 is 85.5 Å². The number of likely N-dealkylation sites (N-methyl/N-ethyl adjacent to an activating group) is 1. The quantitative estimate of drug-likeness (QED) is 0.0185. The molecule has 9 aliphatic rings. The van der Waals surface area contributed by atoms with Crippen molar-refractivity contribution in [3.05, 3.63) is 54.1 Å². The van der Waals surface area contributed by atoms with Crippen LogP contribution in [-0.4, -0.2) is 278 Å². The SMILES string of the molecule is CCCC[C@@H]1NC(=O)[C@@H]2CC(SC[C@@H](C(=O)N[C@@H](Cc3ccccc3)C(=O)O)NC1=O)C1(CCNC(=O)OCC3C4CCC#CCCC43)C[C@H](NC(=O)[C@H](Cc3c[nH]cn3)NC(=O)[C@@H](NC(=O)[C@H](CC(C)C)NC(=O)[C@H](CCCNC(=N)N)NC(=O)[C@@H]3CCCN3C(=O)[C@H](CCCNC(=N)NC(=O)OCC3C4CCC#CCCC43)NC(=O)[C@@H]3CCC(=O)N3)CS1)C(=O)NCC(=O)N2CC. The largest absolute Gasteiger partial charge is 0.480 e. The van der Waals surface area contributed by atoms with Crippen LogP contribution in [0.5, 0.6) is 0 Å². The first kappa shape index (κ1) is 103. The Morgan fingerprint density at radius 3 is 1.93 bits per heavy atom. The van der Waals surface area contributed by atoms with Gasteiger partial charge in [0.2, 0.25) is 76.8 Å². The van der Waals surface area contributed by atoms with E-state index >= 15 is 43.2 Å². The third-order valence-corrected chi connectivity index (χ3v) is 29.9. The molecule has 6 unspecified atom stereocenters. The number of aliphatic carboxylic acids is 1. The molecule has 2 saturated carbocycles. The van der Waals surface area contributed by atoms with Gasteiger partial charge in [0.15, 0.2) is 11.9 Å². The standard InChI is InChI=1S/C91H130N22O19S2/c1-5-7-28-60-77(118)109-68(81(122)107-66(86(127)128)40-52-22-13-12-14-23-52)48-133-72-42-71(84(125)103-60)112(6-2)74(115)45-99-75(116)67-43-91(72,34-37-98-89(129)131-46-58-54-24-15-8-9-16-25-55(54)58)134-49-69(82(123)106-65(80(121)108-67)41-53-44-95-50-100-53)110-79(120)64(39-51(3)4)105-76(117)61(29-19-35-96-87(92)93)102-83(124)70-31-21-38-113(70)85(126)63(104-78(119)62-32-33-73(114)101-62)30-20-36-97-88(94)111-90(130)132-47-59-56-26-17-10-11-18-27-57(56)59/h12-14,22-23,44,50-51,54-72H,5-7,15-21,24-43,45-49H2,1-4H3,(H,95,100)(H,98,129)(H,99,116)(H,101,114)(H,102,124)(H,103,125)(H,104,119)(H,105,117)(H,106,123)(H,107,122)(H,108,121)(H,109,118)(H,110,120)(H,127,128)(H4,92,93,96)(H3,94,97,111,130)/t54?,55?,56?,57?,58?,59?,60-,61-,62-,63-,64-,65-,66-,67-,68-,69-,70-,71-,72?,91?/m0/s1. The molecule has 15 amide bonds. The van der Waals surface area contributed by atoms with Gasteiger partial charge in [0.1, 0.15) is 72.5 Å².